The molecule has 1 aromatic heterocycles. The fourth-order valence-corrected chi connectivity index (χ4v) is 3.42. The van der Waals surface area contributed by atoms with E-state index >= 15 is 0 Å². The third kappa shape index (κ3) is 3.53. The summed E-state index contributed by atoms with van der Waals surface area (Å²) in [6, 6.07) is 1.02. The summed E-state index contributed by atoms with van der Waals surface area (Å²) >= 11 is 1.70. The highest BCUT2D eigenvalue weighted by atomic mass is 32.1. The Morgan fingerprint density at radius 2 is 2.11 bits per heavy atom. The lowest BCUT2D eigenvalue weighted by atomic mass is 9.96. The van der Waals surface area contributed by atoms with E-state index in [4.69, 9.17) is 0 Å². The van der Waals surface area contributed by atoms with Crippen molar-refractivity contribution in [3.63, 3.8) is 0 Å². The Morgan fingerprint density at radius 1 is 1.39 bits per heavy atom. The molecule has 0 bridgehead atoms. The molecule has 2 heterocycles. The minimum atomic E-state index is 0.436. The van der Waals surface area contributed by atoms with Crippen LogP contribution in [0.1, 0.15) is 45.3 Å². The van der Waals surface area contributed by atoms with Gasteiger partial charge >= 0.3 is 0 Å². The van der Waals surface area contributed by atoms with Gasteiger partial charge in [0.15, 0.2) is 0 Å². The van der Waals surface area contributed by atoms with Gasteiger partial charge in [-0.2, -0.15) is 0 Å². The van der Waals surface area contributed by atoms with Crippen LogP contribution in [0.4, 0.5) is 0 Å². The summed E-state index contributed by atoms with van der Waals surface area (Å²) in [6.45, 7) is 10.4. The Morgan fingerprint density at radius 3 is 2.67 bits per heavy atom. The number of hydrogen-bond acceptors (Lipinski definition) is 4. The number of thiazole rings is 1. The van der Waals surface area contributed by atoms with Crippen molar-refractivity contribution in [2.45, 2.75) is 45.7 Å². The van der Waals surface area contributed by atoms with Crippen molar-refractivity contribution >= 4 is 11.3 Å². The van der Waals surface area contributed by atoms with Gasteiger partial charge in [0.1, 0.15) is 0 Å². The van der Waals surface area contributed by atoms with E-state index in [2.05, 4.69) is 41.4 Å². The van der Waals surface area contributed by atoms with Crippen molar-refractivity contribution in [3.05, 3.63) is 16.6 Å². The van der Waals surface area contributed by atoms with Crippen molar-refractivity contribution in [1.29, 1.82) is 0 Å². The van der Waals surface area contributed by atoms with Gasteiger partial charge in [0.2, 0.25) is 0 Å². The molecule has 0 aliphatic carbocycles. The second-order valence-corrected chi connectivity index (χ2v) is 6.29. The van der Waals surface area contributed by atoms with E-state index in [0.29, 0.717) is 12.1 Å². The van der Waals surface area contributed by atoms with Crippen molar-refractivity contribution < 1.29 is 0 Å². The van der Waals surface area contributed by atoms with Gasteiger partial charge in [0, 0.05) is 18.0 Å². The molecule has 0 radical (unpaired) electrons. The van der Waals surface area contributed by atoms with Crippen LogP contribution in [0, 0.1) is 5.92 Å². The summed E-state index contributed by atoms with van der Waals surface area (Å²) in [5.74, 6) is 0.842. The summed E-state index contributed by atoms with van der Waals surface area (Å²) in [4.78, 5) is 7.08. The van der Waals surface area contributed by atoms with Crippen LogP contribution in [0.25, 0.3) is 0 Å². The van der Waals surface area contributed by atoms with Crippen molar-refractivity contribution in [2.75, 3.05) is 19.6 Å². The first-order valence-electron chi connectivity index (χ1n) is 7.03. The second-order valence-electron chi connectivity index (χ2n) is 5.57. The van der Waals surface area contributed by atoms with Gasteiger partial charge in [-0.05, 0) is 52.6 Å². The monoisotopic (exact) mass is 267 g/mol. The Kier molecular flexibility index (Phi) is 5.15. The maximum absolute atomic E-state index is 4.48. The Bertz CT molecular complexity index is 331. The number of nitrogens with zero attached hydrogens (tertiary/aromatic N) is 2. The van der Waals surface area contributed by atoms with Crippen LogP contribution >= 0.6 is 11.3 Å². The van der Waals surface area contributed by atoms with Crippen LogP contribution in [-0.2, 0) is 0 Å². The number of rotatable bonds is 5. The zero-order chi connectivity index (χ0) is 13.0. The molecule has 1 unspecified atom stereocenters. The van der Waals surface area contributed by atoms with E-state index in [1.165, 1.54) is 38.2 Å². The number of piperidine rings is 1. The molecular formula is C14H25N3S. The number of aromatic nitrogens is 1. The van der Waals surface area contributed by atoms with Gasteiger partial charge in [-0.25, -0.2) is 4.98 Å². The quantitative estimate of drug-likeness (QED) is 0.889. The zero-order valence-corrected chi connectivity index (χ0v) is 12.5. The van der Waals surface area contributed by atoms with Crippen molar-refractivity contribution in [3.8, 4) is 0 Å². The van der Waals surface area contributed by atoms with Crippen LogP contribution in [0.15, 0.2) is 10.9 Å². The van der Waals surface area contributed by atoms with E-state index in [1.54, 1.807) is 11.3 Å². The summed E-state index contributed by atoms with van der Waals surface area (Å²) in [6.07, 6.45) is 2.63. The Balaban J connectivity index is 1.98. The SMILES string of the molecule is CC(C)N(CC1CCNCC1)C(C)c1cscn1. The maximum Gasteiger partial charge on any atom is 0.0795 e. The summed E-state index contributed by atoms with van der Waals surface area (Å²) in [5.41, 5.74) is 3.16. The molecule has 0 amide bonds. The molecule has 0 saturated carbocycles. The third-order valence-electron chi connectivity index (χ3n) is 3.97. The minimum absolute atomic E-state index is 0.436. The molecular weight excluding hydrogens is 242 g/mol. The molecule has 3 nitrogen and oxygen atoms in total. The third-order valence-corrected chi connectivity index (χ3v) is 4.57. The molecule has 4 heteroatoms. The lowest BCUT2D eigenvalue weighted by molar-refractivity contribution is 0.123. The first-order chi connectivity index (χ1) is 8.68. The summed E-state index contributed by atoms with van der Waals surface area (Å²) < 4.78 is 0. The highest BCUT2D eigenvalue weighted by Gasteiger charge is 2.24. The van der Waals surface area contributed by atoms with Crippen LogP contribution in [-0.4, -0.2) is 35.6 Å². The topological polar surface area (TPSA) is 28.2 Å². The van der Waals surface area contributed by atoms with Crippen LogP contribution in [0.5, 0.6) is 0 Å². The standard InChI is InChI=1S/C14H25N3S/c1-11(2)17(8-13-4-6-15-7-5-13)12(3)14-9-18-10-16-14/h9-13,15H,4-8H2,1-3H3. The van der Waals surface area contributed by atoms with Crippen LogP contribution in [0.2, 0.25) is 0 Å². The Hall–Kier alpha value is -0.450. The van der Waals surface area contributed by atoms with Gasteiger partial charge in [-0.3, -0.25) is 4.90 Å². The van der Waals surface area contributed by atoms with Gasteiger partial charge in [0.25, 0.3) is 0 Å². The normalized spacial score (nSPS) is 19.6. The van der Waals surface area contributed by atoms with Crippen LogP contribution < -0.4 is 5.32 Å². The lowest BCUT2D eigenvalue weighted by Crippen LogP contribution is -2.40. The fourth-order valence-electron chi connectivity index (χ4n) is 2.78. The lowest BCUT2D eigenvalue weighted by Gasteiger charge is -2.36. The minimum Gasteiger partial charge on any atom is -0.317 e. The average Bonchev–Trinajstić information content (AvgIpc) is 2.90. The van der Waals surface area contributed by atoms with Gasteiger partial charge in [-0.15, -0.1) is 11.3 Å². The first kappa shape index (κ1) is 14.0. The first-order valence-corrected chi connectivity index (χ1v) is 7.97. The molecule has 1 saturated heterocycles. The molecule has 102 valence electrons. The van der Waals surface area contributed by atoms with Crippen LogP contribution in [0.3, 0.4) is 0 Å². The highest BCUT2D eigenvalue weighted by Crippen LogP contribution is 2.25. The zero-order valence-electron chi connectivity index (χ0n) is 11.7. The highest BCUT2D eigenvalue weighted by molar-refractivity contribution is 7.07. The molecule has 0 aromatic carbocycles. The molecule has 1 aliphatic rings. The molecule has 18 heavy (non-hydrogen) atoms. The molecule has 1 aromatic rings. The van der Waals surface area contributed by atoms with Crippen molar-refractivity contribution in [2.24, 2.45) is 5.92 Å². The molecule has 1 N–H and O–H groups in total. The van der Waals surface area contributed by atoms with E-state index < -0.39 is 0 Å². The van der Waals surface area contributed by atoms with Crippen molar-refractivity contribution in [1.82, 2.24) is 15.2 Å². The van der Waals surface area contributed by atoms with E-state index in [0.717, 1.165) is 5.92 Å². The largest absolute Gasteiger partial charge is 0.317 e. The fraction of sp³-hybridized carbons (Fsp3) is 0.786. The molecule has 1 atom stereocenters. The van der Waals surface area contributed by atoms with E-state index in [1.807, 2.05) is 5.51 Å². The van der Waals surface area contributed by atoms with E-state index in [9.17, 15) is 0 Å². The Labute approximate surface area is 115 Å². The summed E-state index contributed by atoms with van der Waals surface area (Å²) in [5, 5.41) is 5.63. The molecule has 0 spiro atoms. The van der Waals surface area contributed by atoms with Gasteiger partial charge in [-0.1, -0.05) is 0 Å². The predicted octanol–water partition coefficient (Wildman–Crippen LogP) is 2.91. The molecule has 1 fully saturated rings. The number of hydrogen-bond donors (Lipinski definition) is 1. The summed E-state index contributed by atoms with van der Waals surface area (Å²) in [7, 11) is 0. The smallest absolute Gasteiger partial charge is 0.0795 e. The average molecular weight is 267 g/mol. The van der Waals surface area contributed by atoms with E-state index in [-0.39, 0.29) is 0 Å². The molecule has 1 aliphatic heterocycles. The maximum atomic E-state index is 4.48. The van der Waals surface area contributed by atoms with Gasteiger partial charge < -0.3 is 5.32 Å². The molecule has 2 rings (SSSR count). The van der Waals surface area contributed by atoms with Gasteiger partial charge in [0.05, 0.1) is 17.2 Å². The number of nitrogens with one attached hydrogen (secondary N) is 1. The predicted molar refractivity (Wildman–Crippen MR) is 78.0 cm³/mol. The second kappa shape index (κ2) is 6.64.